The summed E-state index contributed by atoms with van der Waals surface area (Å²) < 4.78 is 47.2. The Bertz CT molecular complexity index is 506. The third-order valence-electron chi connectivity index (χ3n) is 3.44. The minimum absolute atomic E-state index is 0.0656. The van der Waals surface area contributed by atoms with E-state index in [2.05, 4.69) is 4.18 Å². The fourth-order valence-corrected chi connectivity index (χ4v) is 3.89. The summed E-state index contributed by atoms with van der Waals surface area (Å²) in [6.07, 6.45) is 1.31. The summed E-state index contributed by atoms with van der Waals surface area (Å²) in [5, 5.41) is -0.762. The van der Waals surface area contributed by atoms with Gasteiger partial charge in [0.2, 0.25) is 0 Å². The normalized spacial score (nSPS) is 19.3. The van der Waals surface area contributed by atoms with E-state index < -0.39 is 15.4 Å². The second-order valence-corrected chi connectivity index (χ2v) is 6.41. The van der Waals surface area contributed by atoms with E-state index in [-0.39, 0.29) is 11.7 Å². The van der Waals surface area contributed by atoms with Crippen LogP contribution in [0, 0.1) is 11.7 Å². The van der Waals surface area contributed by atoms with Gasteiger partial charge in [0.05, 0.1) is 7.11 Å². The second-order valence-electron chi connectivity index (χ2n) is 4.58. The average Bonchev–Trinajstić information content (AvgIpc) is 2.42. The number of rotatable bonds is 4. The van der Waals surface area contributed by atoms with Gasteiger partial charge in [-0.25, -0.2) is 4.39 Å². The molecule has 0 spiro atoms. The SMILES string of the molecule is COS(=O)(=O)[C@@H](c1ccc(F)cc1)C1CCOCC1. The monoisotopic (exact) mass is 288 g/mol. The summed E-state index contributed by atoms with van der Waals surface area (Å²) in [7, 11) is -2.55. The van der Waals surface area contributed by atoms with Crippen LogP contribution in [0.3, 0.4) is 0 Å². The van der Waals surface area contributed by atoms with Gasteiger partial charge >= 0.3 is 0 Å². The molecule has 0 aromatic heterocycles. The Morgan fingerprint density at radius 2 is 1.84 bits per heavy atom. The topological polar surface area (TPSA) is 52.6 Å². The fraction of sp³-hybridized carbons (Fsp3) is 0.538. The summed E-state index contributed by atoms with van der Waals surface area (Å²) in [6, 6.07) is 5.55. The molecule has 0 N–H and O–H groups in total. The first kappa shape index (κ1) is 14.4. The van der Waals surface area contributed by atoms with Gasteiger partial charge in [0.15, 0.2) is 0 Å². The van der Waals surface area contributed by atoms with Crippen molar-refractivity contribution >= 4 is 10.1 Å². The molecule has 1 aromatic carbocycles. The van der Waals surface area contributed by atoms with E-state index in [4.69, 9.17) is 4.74 Å². The molecule has 6 heteroatoms. The smallest absolute Gasteiger partial charge is 0.274 e. The zero-order chi connectivity index (χ0) is 13.9. The summed E-state index contributed by atoms with van der Waals surface area (Å²) in [6.45, 7) is 1.09. The molecular weight excluding hydrogens is 271 g/mol. The van der Waals surface area contributed by atoms with Crippen LogP contribution in [0.4, 0.5) is 4.39 Å². The van der Waals surface area contributed by atoms with Crippen molar-refractivity contribution < 1.29 is 21.7 Å². The highest BCUT2D eigenvalue weighted by Gasteiger charge is 2.36. The number of hydrogen-bond donors (Lipinski definition) is 0. The van der Waals surface area contributed by atoms with Crippen molar-refractivity contribution in [2.45, 2.75) is 18.1 Å². The summed E-state index contributed by atoms with van der Waals surface area (Å²) in [5.41, 5.74) is 0.565. The van der Waals surface area contributed by atoms with Gasteiger partial charge in [0.25, 0.3) is 10.1 Å². The maximum absolute atomic E-state index is 13.0. The van der Waals surface area contributed by atoms with E-state index in [1.165, 1.54) is 24.3 Å². The summed E-state index contributed by atoms with van der Waals surface area (Å²) >= 11 is 0. The van der Waals surface area contributed by atoms with Gasteiger partial charge in [-0.05, 0) is 36.5 Å². The molecule has 1 aliphatic rings. The highest BCUT2D eigenvalue weighted by Crippen LogP contribution is 2.37. The van der Waals surface area contributed by atoms with Gasteiger partial charge < -0.3 is 4.74 Å². The Balaban J connectivity index is 2.36. The van der Waals surface area contributed by atoms with Crippen molar-refractivity contribution in [1.29, 1.82) is 0 Å². The molecule has 0 radical (unpaired) electrons. The molecule has 1 atom stereocenters. The van der Waals surface area contributed by atoms with Crippen LogP contribution >= 0.6 is 0 Å². The average molecular weight is 288 g/mol. The van der Waals surface area contributed by atoms with Gasteiger partial charge in [0.1, 0.15) is 11.1 Å². The zero-order valence-electron chi connectivity index (χ0n) is 10.7. The third-order valence-corrected chi connectivity index (χ3v) is 5.18. The molecule has 1 aromatic rings. The molecule has 0 aliphatic carbocycles. The molecular formula is C13H17FO4S. The predicted octanol–water partition coefficient (Wildman–Crippen LogP) is 2.27. The number of benzene rings is 1. The quantitative estimate of drug-likeness (QED) is 0.798. The van der Waals surface area contributed by atoms with Crippen LogP contribution in [0.25, 0.3) is 0 Å². The maximum atomic E-state index is 13.0. The second kappa shape index (κ2) is 5.98. The van der Waals surface area contributed by atoms with Crippen LogP contribution in [0.15, 0.2) is 24.3 Å². The van der Waals surface area contributed by atoms with Crippen molar-refractivity contribution in [2.24, 2.45) is 5.92 Å². The molecule has 0 unspecified atom stereocenters. The standard InChI is InChI=1S/C13H17FO4S/c1-17-19(15,16)13(11-6-8-18-9-7-11)10-2-4-12(14)5-3-10/h2-5,11,13H,6-9H2,1H3/t13-/m0/s1. The molecule has 1 aliphatic heterocycles. The minimum atomic E-state index is -3.70. The van der Waals surface area contributed by atoms with Crippen LogP contribution in [0.5, 0.6) is 0 Å². The van der Waals surface area contributed by atoms with Crippen LogP contribution in [-0.4, -0.2) is 28.7 Å². The van der Waals surface area contributed by atoms with Crippen molar-refractivity contribution in [3.8, 4) is 0 Å². The number of halogens is 1. The minimum Gasteiger partial charge on any atom is -0.381 e. The van der Waals surface area contributed by atoms with Gasteiger partial charge in [-0.2, -0.15) is 8.42 Å². The Hall–Kier alpha value is -0.980. The highest BCUT2D eigenvalue weighted by atomic mass is 32.2. The third kappa shape index (κ3) is 3.32. The first-order valence-electron chi connectivity index (χ1n) is 6.17. The lowest BCUT2D eigenvalue weighted by Gasteiger charge is -2.29. The van der Waals surface area contributed by atoms with Crippen LogP contribution < -0.4 is 0 Å². The molecule has 0 saturated carbocycles. The Labute approximate surface area is 112 Å². The van der Waals surface area contributed by atoms with E-state index >= 15 is 0 Å². The van der Waals surface area contributed by atoms with Crippen molar-refractivity contribution in [1.82, 2.24) is 0 Å². The van der Waals surface area contributed by atoms with E-state index in [0.29, 0.717) is 31.6 Å². The van der Waals surface area contributed by atoms with Gasteiger partial charge in [-0.15, -0.1) is 0 Å². The summed E-state index contributed by atoms with van der Waals surface area (Å²) in [5.74, 6) is -0.451. The lowest BCUT2D eigenvalue weighted by Crippen LogP contribution is -2.28. The summed E-state index contributed by atoms with van der Waals surface area (Å²) in [4.78, 5) is 0. The van der Waals surface area contributed by atoms with Crippen LogP contribution in [-0.2, 0) is 19.0 Å². The molecule has 19 heavy (non-hydrogen) atoms. The molecule has 0 bridgehead atoms. The molecule has 2 rings (SSSR count). The van der Waals surface area contributed by atoms with Crippen LogP contribution in [0.1, 0.15) is 23.7 Å². The molecule has 1 heterocycles. The molecule has 106 valence electrons. The van der Waals surface area contributed by atoms with E-state index in [1.54, 1.807) is 0 Å². The molecule has 1 saturated heterocycles. The largest absolute Gasteiger partial charge is 0.381 e. The van der Waals surface area contributed by atoms with Crippen molar-refractivity contribution in [3.05, 3.63) is 35.6 Å². The van der Waals surface area contributed by atoms with Gasteiger partial charge in [0, 0.05) is 13.2 Å². The fourth-order valence-electron chi connectivity index (χ4n) is 2.45. The highest BCUT2D eigenvalue weighted by molar-refractivity contribution is 7.87. The van der Waals surface area contributed by atoms with E-state index in [9.17, 15) is 12.8 Å². The van der Waals surface area contributed by atoms with E-state index in [1.807, 2.05) is 0 Å². The molecule has 1 fully saturated rings. The van der Waals surface area contributed by atoms with Crippen molar-refractivity contribution in [2.75, 3.05) is 20.3 Å². The molecule has 4 nitrogen and oxygen atoms in total. The van der Waals surface area contributed by atoms with Crippen LogP contribution in [0.2, 0.25) is 0 Å². The first-order valence-corrected chi connectivity index (χ1v) is 7.64. The Kier molecular flexibility index (Phi) is 4.54. The maximum Gasteiger partial charge on any atom is 0.274 e. The van der Waals surface area contributed by atoms with Gasteiger partial charge in [-0.3, -0.25) is 4.18 Å². The Morgan fingerprint density at radius 3 is 2.37 bits per heavy atom. The first-order chi connectivity index (χ1) is 9.04. The van der Waals surface area contributed by atoms with E-state index in [0.717, 1.165) is 7.11 Å². The number of hydrogen-bond acceptors (Lipinski definition) is 4. The Morgan fingerprint density at radius 1 is 1.26 bits per heavy atom. The lowest BCUT2D eigenvalue weighted by molar-refractivity contribution is 0.0640. The zero-order valence-corrected chi connectivity index (χ0v) is 11.5. The number of ether oxygens (including phenoxy) is 1. The van der Waals surface area contributed by atoms with Crippen molar-refractivity contribution in [3.63, 3.8) is 0 Å². The van der Waals surface area contributed by atoms with Gasteiger partial charge in [-0.1, -0.05) is 12.1 Å². The molecule has 0 amide bonds. The lowest BCUT2D eigenvalue weighted by atomic mass is 9.92. The predicted molar refractivity (Wildman–Crippen MR) is 68.6 cm³/mol.